The minimum absolute atomic E-state index is 0.148. The van der Waals surface area contributed by atoms with E-state index in [1.54, 1.807) is 0 Å². The van der Waals surface area contributed by atoms with Gasteiger partial charge in [-0.1, -0.05) is 43.6 Å². The van der Waals surface area contributed by atoms with Gasteiger partial charge in [0, 0.05) is 46.3 Å². The van der Waals surface area contributed by atoms with Gasteiger partial charge in [-0.15, -0.1) is 0 Å². The summed E-state index contributed by atoms with van der Waals surface area (Å²) in [5.41, 5.74) is 2.91. The molecule has 0 aliphatic carbocycles. The fraction of sp³-hybridized carbons (Fsp3) is 0.526. The summed E-state index contributed by atoms with van der Waals surface area (Å²) in [7, 11) is 0. The van der Waals surface area contributed by atoms with Gasteiger partial charge in [-0.2, -0.15) is 0 Å². The molecule has 0 atom stereocenters. The van der Waals surface area contributed by atoms with E-state index in [1.807, 2.05) is 25.1 Å². The lowest BCUT2D eigenvalue weighted by Gasteiger charge is -2.26. The Morgan fingerprint density at radius 1 is 1.13 bits per heavy atom. The zero-order chi connectivity index (χ0) is 17.1. The first kappa shape index (κ1) is 18.2. The molecule has 1 aromatic heterocycles. The predicted molar refractivity (Wildman–Crippen MR) is 102 cm³/mol. The SMILES string of the molecule is Cc1[nH]c2ccc(Br)cc2c(=O)c1CN(CC(C)C)CC(C)C. The van der Waals surface area contributed by atoms with Crippen molar-refractivity contribution in [1.82, 2.24) is 9.88 Å². The lowest BCUT2D eigenvalue weighted by atomic mass is 10.1. The van der Waals surface area contributed by atoms with Gasteiger partial charge >= 0.3 is 0 Å². The number of pyridine rings is 1. The standard InChI is InChI=1S/C19H27BrN2O/c1-12(2)9-22(10-13(3)4)11-17-14(5)21-18-7-6-15(20)8-16(18)19(17)23/h6-8,12-13H,9-11H2,1-5H3,(H,21,23). The molecule has 2 rings (SSSR count). The Labute approximate surface area is 147 Å². The molecule has 1 N–H and O–H groups in total. The first-order valence-electron chi connectivity index (χ1n) is 8.31. The zero-order valence-electron chi connectivity index (χ0n) is 14.7. The number of hydrogen-bond acceptors (Lipinski definition) is 2. The number of fused-ring (bicyclic) bond motifs is 1. The molecule has 1 aromatic carbocycles. The van der Waals surface area contributed by atoms with Gasteiger partial charge in [0.1, 0.15) is 0 Å². The Balaban J connectivity index is 2.42. The second kappa shape index (κ2) is 7.63. The van der Waals surface area contributed by atoms with E-state index in [1.165, 1.54) is 0 Å². The van der Waals surface area contributed by atoms with Crippen LogP contribution in [0.15, 0.2) is 27.5 Å². The molecular formula is C19H27BrN2O. The van der Waals surface area contributed by atoms with Gasteiger partial charge in [0.05, 0.1) is 0 Å². The Kier molecular flexibility index (Phi) is 6.04. The van der Waals surface area contributed by atoms with Gasteiger partial charge in [0.2, 0.25) is 0 Å². The van der Waals surface area contributed by atoms with Gasteiger partial charge in [-0.05, 0) is 37.0 Å². The number of aromatic nitrogens is 1. The Bertz CT molecular complexity index is 724. The number of benzene rings is 1. The molecule has 0 amide bonds. The maximum absolute atomic E-state index is 12.9. The third-order valence-electron chi connectivity index (χ3n) is 3.90. The largest absolute Gasteiger partial charge is 0.358 e. The van der Waals surface area contributed by atoms with Crippen molar-refractivity contribution < 1.29 is 0 Å². The molecule has 0 aliphatic rings. The quantitative estimate of drug-likeness (QED) is 0.789. The van der Waals surface area contributed by atoms with Gasteiger partial charge < -0.3 is 4.98 Å². The minimum atomic E-state index is 0.148. The Morgan fingerprint density at radius 3 is 2.30 bits per heavy atom. The molecule has 126 valence electrons. The van der Waals surface area contributed by atoms with Crippen LogP contribution in [0, 0.1) is 18.8 Å². The fourth-order valence-corrected chi connectivity index (χ4v) is 3.44. The molecular weight excluding hydrogens is 352 g/mol. The van der Waals surface area contributed by atoms with Crippen LogP contribution in [-0.2, 0) is 6.54 Å². The molecule has 0 aliphatic heterocycles. The Morgan fingerprint density at radius 2 is 1.74 bits per heavy atom. The van der Waals surface area contributed by atoms with Gasteiger partial charge in [-0.25, -0.2) is 0 Å². The number of halogens is 1. The lowest BCUT2D eigenvalue weighted by Crippen LogP contribution is -2.33. The number of nitrogens with one attached hydrogen (secondary N) is 1. The van der Waals surface area contributed by atoms with Gasteiger partial charge in [-0.3, -0.25) is 9.69 Å². The van der Waals surface area contributed by atoms with Crippen LogP contribution in [0.3, 0.4) is 0 Å². The van der Waals surface area contributed by atoms with E-state index < -0.39 is 0 Å². The van der Waals surface area contributed by atoms with E-state index in [0.29, 0.717) is 18.4 Å². The predicted octanol–water partition coefficient (Wildman–Crippen LogP) is 4.71. The van der Waals surface area contributed by atoms with Crippen LogP contribution in [0.2, 0.25) is 0 Å². The van der Waals surface area contributed by atoms with Gasteiger partial charge in [0.25, 0.3) is 0 Å². The van der Waals surface area contributed by atoms with E-state index in [-0.39, 0.29) is 5.43 Å². The first-order chi connectivity index (χ1) is 10.8. The average molecular weight is 379 g/mol. The zero-order valence-corrected chi connectivity index (χ0v) is 16.3. The molecule has 0 bridgehead atoms. The van der Waals surface area contributed by atoms with Crippen molar-refractivity contribution in [3.8, 4) is 0 Å². The summed E-state index contributed by atoms with van der Waals surface area (Å²) in [6.07, 6.45) is 0. The highest BCUT2D eigenvalue weighted by Crippen LogP contribution is 2.18. The second-order valence-corrected chi connectivity index (χ2v) is 8.15. The van der Waals surface area contributed by atoms with Crippen LogP contribution in [0.1, 0.15) is 39.0 Å². The average Bonchev–Trinajstić information content (AvgIpc) is 2.43. The number of H-pyrrole nitrogens is 1. The summed E-state index contributed by atoms with van der Waals surface area (Å²) in [6.45, 7) is 13.6. The summed E-state index contributed by atoms with van der Waals surface area (Å²) in [6, 6.07) is 5.82. The monoisotopic (exact) mass is 378 g/mol. The molecule has 1 heterocycles. The normalized spacial score (nSPS) is 12.0. The van der Waals surface area contributed by atoms with E-state index >= 15 is 0 Å². The van der Waals surface area contributed by atoms with Crippen LogP contribution in [0.4, 0.5) is 0 Å². The molecule has 0 fully saturated rings. The number of nitrogens with zero attached hydrogens (tertiary/aromatic N) is 1. The molecule has 0 radical (unpaired) electrons. The van der Waals surface area contributed by atoms with E-state index in [0.717, 1.165) is 39.7 Å². The molecule has 3 nitrogen and oxygen atoms in total. The van der Waals surface area contributed by atoms with Crippen LogP contribution in [-0.4, -0.2) is 23.0 Å². The molecule has 0 spiro atoms. The lowest BCUT2D eigenvalue weighted by molar-refractivity contribution is 0.210. The van der Waals surface area contributed by atoms with E-state index in [2.05, 4.69) is 53.5 Å². The highest BCUT2D eigenvalue weighted by Gasteiger charge is 2.16. The highest BCUT2D eigenvalue weighted by atomic mass is 79.9. The van der Waals surface area contributed by atoms with Crippen LogP contribution < -0.4 is 5.43 Å². The van der Waals surface area contributed by atoms with E-state index in [4.69, 9.17) is 0 Å². The maximum Gasteiger partial charge on any atom is 0.194 e. The number of hydrogen-bond donors (Lipinski definition) is 1. The van der Waals surface area contributed by atoms with Crippen molar-refractivity contribution in [2.75, 3.05) is 13.1 Å². The van der Waals surface area contributed by atoms with Crippen LogP contribution in [0.25, 0.3) is 10.9 Å². The number of aromatic amines is 1. The van der Waals surface area contributed by atoms with Crippen LogP contribution in [0.5, 0.6) is 0 Å². The van der Waals surface area contributed by atoms with Crippen molar-refractivity contribution in [3.05, 3.63) is 44.2 Å². The summed E-state index contributed by atoms with van der Waals surface area (Å²) in [5.74, 6) is 1.17. The van der Waals surface area contributed by atoms with Crippen molar-refractivity contribution in [2.45, 2.75) is 41.2 Å². The molecule has 23 heavy (non-hydrogen) atoms. The molecule has 4 heteroatoms. The smallest absolute Gasteiger partial charge is 0.194 e. The third kappa shape index (κ3) is 4.67. The van der Waals surface area contributed by atoms with E-state index in [9.17, 15) is 4.79 Å². The molecule has 0 unspecified atom stereocenters. The van der Waals surface area contributed by atoms with Crippen molar-refractivity contribution in [1.29, 1.82) is 0 Å². The topological polar surface area (TPSA) is 36.1 Å². The maximum atomic E-state index is 12.9. The number of aryl methyl sites for hydroxylation is 1. The van der Waals surface area contributed by atoms with Crippen molar-refractivity contribution >= 4 is 26.8 Å². The first-order valence-corrected chi connectivity index (χ1v) is 9.10. The Hall–Kier alpha value is -1.13. The molecule has 2 aromatic rings. The highest BCUT2D eigenvalue weighted by molar-refractivity contribution is 9.10. The van der Waals surface area contributed by atoms with Crippen molar-refractivity contribution in [2.24, 2.45) is 11.8 Å². The third-order valence-corrected chi connectivity index (χ3v) is 4.40. The fourth-order valence-electron chi connectivity index (χ4n) is 3.07. The summed E-state index contributed by atoms with van der Waals surface area (Å²) in [5, 5.41) is 0.758. The summed E-state index contributed by atoms with van der Waals surface area (Å²) in [4.78, 5) is 18.7. The second-order valence-electron chi connectivity index (χ2n) is 7.23. The minimum Gasteiger partial charge on any atom is -0.358 e. The number of rotatable bonds is 6. The van der Waals surface area contributed by atoms with Gasteiger partial charge in [0.15, 0.2) is 5.43 Å². The molecule has 0 saturated heterocycles. The summed E-state index contributed by atoms with van der Waals surface area (Å²) >= 11 is 3.46. The van der Waals surface area contributed by atoms with Crippen molar-refractivity contribution in [3.63, 3.8) is 0 Å². The summed E-state index contributed by atoms with van der Waals surface area (Å²) < 4.78 is 0.937. The molecule has 0 saturated carbocycles. The van der Waals surface area contributed by atoms with Crippen LogP contribution >= 0.6 is 15.9 Å².